The molecule has 2 aromatic rings. The first-order valence-corrected chi connectivity index (χ1v) is 13.4. The van der Waals surface area contributed by atoms with Crippen LogP contribution in [0.15, 0.2) is 47.4 Å². The van der Waals surface area contributed by atoms with Crippen LogP contribution >= 0.6 is 0 Å². The molecule has 6 nitrogen and oxygen atoms in total. The van der Waals surface area contributed by atoms with Crippen LogP contribution in [0.1, 0.15) is 41.1 Å². The number of benzene rings is 2. The van der Waals surface area contributed by atoms with Crippen molar-refractivity contribution in [2.24, 2.45) is 5.92 Å². The van der Waals surface area contributed by atoms with Crippen LogP contribution in [0.3, 0.4) is 0 Å². The molecule has 2 atom stereocenters. The SMILES string of the molecule is Cc1ccc([C@H]2c3ccc(S(C)(=O)=O)cc3CCN2C(=O)N[C@@H]2CN3CCC2CC3)cc1. The van der Waals surface area contributed by atoms with Crippen LogP contribution in [0, 0.1) is 12.8 Å². The molecule has 0 aromatic heterocycles. The van der Waals surface area contributed by atoms with E-state index in [1.165, 1.54) is 11.8 Å². The van der Waals surface area contributed by atoms with Crippen LogP contribution in [0.2, 0.25) is 0 Å². The lowest BCUT2D eigenvalue weighted by Crippen LogP contribution is -2.59. The van der Waals surface area contributed by atoms with Gasteiger partial charge in [0.1, 0.15) is 0 Å². The molecule has 0 spiro atoms. The molecule has 3 saturated heterocycles. The molecule has 2 amide bonds. The molecule has 0 unspecified atom stereocenters. The molecule has 6 rings (SSSR count). The Balaban J connectivity index is 1.48. The Morgan fingerprint density at radius 2 is 1.75 bits per heavy atom. The minimum Gasteiger partial charge on any atom is -0.334 e. The summed E-state index contributed by atoms with van der Waals surface area (Å²) in [6, 6.07) is 13.6. The first-order chi connectivity index (χ1) is 15.3. The van der Waals surface area contributed by atoms with E-state index in [-0.39, 0.29) is 18.1 Å². The molecule has 0 radical (unpaired) electrons. The van der Waals surface area contributed by atoms with Crippen molar-refractivity contribution in [3.8, 4) is 0 Å². The van der Waals surface area contributed by atoms with Crippen LogP contribution < -0.4 is 5.32 Å². The molecule has 4 heterocycles. The molecule has 3 fully saturated rings. The van der Waals surface area contributed by atoms with Crippen molar-refractivity contribution in [3.63, 3.8) is 0 Å². The highest BCUT2D eigenvalue weighted by Gasteiger charge is 2.38. The van der Waals surface area contributed by atoms with Crippen LogP contribution in [0.4, 0.5) is 4.79 Å². The second-order valence-electron chi connectivity index (χ2n) is 9.58. The Bertz CT molecular complexity index is 1120. The molecule has 0 saturated carbocycles. The molecular weight excluding hydrogens is 422 g/mol. The van der Waals surface area contributed by atoms with Crippen LogP contribution in [-0.2, 0) is 16.3 Å². The molecule has 7 heteroatoms. The Morgan fingerprint density at radius 3 is 2.38 bits per heavy atom. The van der Waals surface area contributed by atoms with Crippen molar-refractivity contribution < 1.29 is 13.2 Å². The Kier molecular flexibility index (Phi) is 5.50. The maximum atomic E-state index is 13.5. The number of urea groups is 1. The molecular formula is C25H31N3O3S. The first kappa shape index (κ1) is 21.5. The van der Waals surface area contributed by atoms with Crippen molar-refractivity contribution in [1.29, 1.82) is 0 Å². The van der Waals surface area contributed by atoms with Gasteiger partial charge in [-0.05, 0) is 74.0 Å². The van der Waals surface area contributed by atoms with Gasteiger partial charge < -0.3 is 15.1 Å². The molecule has 32 heavy (non-hydrogen) atoms. The van der Waals surface area contributed by atoms with Crippen molar-refractivity contribution in [1.82, 2.24) is 15.1 Å². The molecule has 170 valence electrons. The standard InChI is InChI=1S/C25H31N3O3S/c1-17-3-5-19(6-4-17)24-22-8-7-21(32(2,30)31)15-20(22)11-14-28(24)25(29)26-23-16-27-12-9-18(23)10-13-27/h3-8,15,18,23-24H,9-14,16H2,1-2H3,(H,26,29)/t23-,24+/m1/s1. The Labute approximate surface area is 190 Å². The van der Waals surface area contributed by atoms with Crippen LogP contribution in [-0.4, -0.2) is 62.7 Å². The van der Waals surface area contributed by atoms with E-state index in [9.17, 15) is 13.2 Å². The molecule has 4 aliphatic heterocycles. The predicted molar refractivity (Wildman–Crippen MR) is 124 cm³/mol. The van der Waals surface area contributed by atoms with Crippen molar-refractivity contribution in [2.75, 3.05) is 32.4 Å². The van der Waals surface area contributed by atoms with Gasteiger partial charge in [0.15, 0.2) is 9.84 Å². The summed E-state index contributed by atoms with van der Waals surface area (Å²) >= 11 is 0. The van der Waals surface area contributed by atoms with E-state index in [0.29, 0.717) is 23.8 Å². The minimum atomic E-state index is -3.28. The number of aryl methyl sites for hydroxylation is 1. The number of carbonyl (C=O) groups is 1. The van der Waals surface area contributed by atoms with Gasteiger partial charge in [0.2, 0.25) is 0 Å². The number of hydrogen-bond donors (Lipinski definition) is 1. The van der Waals surface area contributed by atoms with Crippen LogP contribution in [0.5, 0.6) is 0 Å². The molecule has 2 bridgehead atoms. The van der Waals surface area contributed by atoms with Gasteiger partial charge >= 0.3 is 6.03 Å². The number of nitrogens with one attached hydrogen (secondary N) is 1. The highest BCUT2D eigenvalue weighted by atomic mass is 32.2. The fraction of sp³-hybridized carbons (Fsp3) is 0.480. The van der Waals surface area contributed by atoms with E-state index in [0.717, 1.165) is 49.2 Å². The maximum absolute atomic E-state index is 13.5. The van der Waals surface area contributed by atoms with Gasteiger partial charge in [-0.2, -0.15) is 0 Å². The Morgan fingerprint density at radius 1 is 1.03 bits per heavy atom. The number of fused-ring (bicyclic) bond motifs is 4. The topological polar surface area (TPSA) is 69.7 Å². The Hall–Kier alpha value is -2.38. The monoisotopic (exact) mass is 453 g/mol. The number of carbonyl (C=O) groups excluding carboxylic acids is 1. The number of amides is 2. The third-order valence-electron chi connectivity index (χ3n) is 7.39. The van der Waals surface area contributed by atoms with Gasteiger partial charge in [0.25, 0.3) is 0 Å². The molecule has 0 aliphatic carbocycles. The van der Waals surface area contributed by atoms with E-state index in [1.807, 2.05) is 11.0 Å². The summed E-state index contributed by atoms with van der Waals surface area (Å²) in [5.74, 6) is 0.566. The number of sulfone groups is 1. The summed E-state index contributed by atoms with van der Waals surface area (Å²) in [6.07, 6.45) is 4.20. The fourth-order valence-electron chi connectivity index (χ4n) is 5.53. The third-order valence-corrected chi connectivity index (χ3v) is 8.50. The highest BCUT2D eigenvalue weighted by molar-refractivity contribution is 7.90. The number of piperidine rings is 3. The van der Waals surface area contributed by atoms with Gasteiger partial charge in [0, 0.05) is 25.4 Å². The fourth-order valence-corrected chi connectivity index (χ4v) is 6.20. The zero-order valence-electron chi connectivity index (χ0n) is 18.8. The maximum Gasteiger partial charge on any atom is 0.318 e. The van der Waals surface area contributed by atoms with Gasteiger partial charge in [0.05, 0.1) is 10.9 Å². The highest BCUT2D eigenvalue weighted by Crippen LogP contribution is 2.37. The van der Waals surface area contributed by atoms with Gasteiger partial charge in [-0.25, -0.2) is 13.2 Å². The average Bonchev–Trinajstić information content (AvgIpc) is 2.79. The summed E-state index contributed by atoms with van der Waals surface area (Å²) in [5, 5.41) is 3.35. The molecule has 2 aromatic carbocycles. The van der Waals surface area contributed by atoms with E-state index >= 15 is 0 Å². The largest absolute Gasteiger partial charge is 0.334 e. The van der Waals surface area contributed by atoms with Crippen LogP contribution in [0.25, 0.3) is 0 Å². The summed E-state index contributed by atoms with van der Waals surface area (Å²) in [7, 11) is -3.28. The van der Waals surface area contributed by atoms with Gasteiger partial charge in [-0.3, -0.25) is 0 Å². The number of nitrogens with zero attached hydrogens (tertiary/aromatic N) is 2. The normalized spacial score (nSPS) is 27.1. The summed E-state index contributed by atoms with van der Waals surface area (Å²) < 4.78 is 24.2. The third kappa shape index (κ3) is 4.04. The van der Waals surface area contributed by atoms with Gasteiger partial charge in [-0.15, -0.1) is 0 Å². The predicted octanol–water partition coefficient (Wildman–Crippen LogP) is 3.15. The van der Waals surface area contributed by atoms with Crippen molar-refractivity contribution >= 4 is 15.9 Å². The van der Waals surface area contributed by atoms with E-state index in [4.69, 9.17) is 0 Å². The smallest absolute Gasteiger partial charge is 0.318 e. The lowest BCUT2D eigenvalue weighted by molar-refractivity contribution is 0.0715. The quantitative estimate of drug-likeness (QED) is 0.775. The zero-order valence-corrected chi connectivity index (χ0v) is 19.6. The lowest BCUT2D eigenvalue weighted by atomic mass is 9.84. The summed E-state index contributed by atoms with van der Waals surface area (Å²) in [4.78, 5) is 18.2. The van der Waals surface area contributed by atoms with E-state index in [1.54, 1.807) is 12.1 Å². The molecule has 4 aliphatic rings. The lowest BCUT2D eigenvalue weighted by Gasteiger charge is -2.46. The second-order valence-corrected chi connectivity index (χ2v) is 11.6. The minimum absolute atomic E-state index is 0.0211. The van der Waals surface area contributed by atoms with Gasteiger partial charge in [-0.1, -0.05) is 35.9 Å². The average molecular weight is 454 g/mol. The van der Waals surface area contributed by atoms with E-state index < -0.39 is 9.84 Å². The zero-order chi connectivity index (χ0) is 22.5. The first-order valence-electron chi connectivity index (χ1n) is 11.5. The van der Waals surface area contributed by atoms with Crippen molar-refractivity contribution in [2.45, 2.75) is 43.2 Å². The van der Waals surface area contributed by atoms with Crippen molar-refractivity contribution in [3.05, 3.63) is 64.7 Å². The van der Waals surface area contributed by atoms with E-state index in [2.05, 4.69) is 41.4 Å². The summed E-state index contributed by atoms with van der Waals surface area (Å²) in [6.45, 7) is 5.83. The second kappa shape index (κ2) is 8.19. The number of hydrogen-bond acceptors (Lipinski definition) is 4. The number of rotatable bonds is 3. The molecule has 1 N–H and O–H groups in total. The summed E-state index contributed by atoms with van der Waals surface area (Å²) in [5.41, 5.74) is 4.23.